The molecule has 0 aliphatic heterocycles. The third-order valence-corrected chi connectivity index (χ3v) is 3.39. The predicted molar refractivity (Wildman–Crippen MR) is 90.1 cm³/mol. The molecule has 0 aromatic carbocycles. The van der Waals surface area contributed by atoms with Gasteiger partial charge in [0.05, 0.1) is 19.6 Å². The number of esters is 2. The van der Waals surface area contributed by atoms with E-state index >= 15 is 0 Å². The van der Waals surface area contributed by atoms with E-state index in [1.807, 2.05) is 6.26 Å². The zero-order valence-electron chi connectivity index (χ0n) is 14.7. The third-order valence-electron chi connectivity index (χ3n) is 2.77. The van der Waals surface area contributed by atoms with Crippen molar-refractivity contribution in [3.8, 4) is 0 Å². The lowest BCUT2D eigenvalue weighted by Gasteiger charge is -2.16. The van der Waals surface area contributed by atoms with Gasteiger partial charge in [-0.25, -0.2) is 0 Å². The molecular weight excluding hydrogens is 320 g/mol. The Balaban J connectivity index is 3.30. The molecule has 0 rings (SSSR count). The second-order valence-corrected chi connectivity index (χ2v) is 7.23. The first-order valence-electron chi connectivity index (χ1n) is 7.81. The number of hydrogen-bond donors (Lipinski definition) is 0. The van der Waals surface area contributed by atoms with Gasteiger partial charge in [0.2, 0.25) is 0 Å². The standard InChI is InChI=1S/C16H30O6S/c1-16(2,3)8-6-14(17)21-12-19-9-5-10-20-13-22-15(18)7-11-23-4/h5-13H2,1-4H3. The van der Waals surface area contributed by atoms with Crippen molar-refractivity contribution in [3.05, 3.63) is 0 Å². The normalized spacial score (nSPS) is 11.3. The van der Waals surface area contributed by atoms with Gasteiger partial charge < -0.3 is 18.9 Å². The molecule has 0 saturated carbocycles. The molecule has 0 amide bonds. The van der Waals surface area contributed by atoms with Gasteiger partial charge in [-0.05, 0) is 24.5 Å². The van der Waals surface area contributed by atoms with Crippen molar-refractivity contribution in [1.82, 2.24) is 0 Å². The lowest BCUT2D eigenvalue weighted by Crippen LogP contribution is -2.14. The quantitative estimate of drug-likeness (QED) is 0.287. The van der Waals surface area contributed by atoms with Crippen molar-refractivity contribution in [2.75, 3.05) is 38.8 Å². The highest BCUT2D eigenvalue weighted by Gasteiger charge is 2.13. The van der Waals surface area contributed by atoms with Crippen LogP contribution in [0.2, 0.25) is 0 Å². The van der Waals surface area contributed by atoms with Crippen molar-refractivity contribution < 1.29 is 28.5 Å². The Kier molecular flexibility index (Phi) is 13.2. The van der Waals surface area contributed by atoms with Crippen molar-refractivity contribution in [2.45, 2.75) is 46.5 Å². The highest BCUT2D eigenvalue weighted by molar-refractivity contribution is 7.98. The molecule has 23 heavy (non-hydrogen) atoms. The maximum atomic E-state index is 11.4. The molecule has 0 fully saturated rings. The van der Waals surface area contributed by atoms with Crippen LogP contribution >= 0.6 is 11.8 Å². The fraction of sp³-hybridized carbons (Fsp3) is 0.875. The summed E-state index contributed by atoms with van der Waals surface area (Å²) in [6.07, 6.45) is 4.16. The van der Waals surface area contributed by atoms with Crippen molar-refractivity contribution in [2.24, 2.45) is 5.41 Å². The van der Waals surface area contributed by atoms with Crippen LogP contribution in [0.25, 0.3) is 0 Å². The van der Waals surface area contributed by atoms with Gasteiger partial charge >= 0.3 is 11.9 Å². The fourth-order valence-corrected chi connectivity index (χ4v) is 1.77. The van der Waals surface area contributed by atoms with Gasteiger partial charge in [0, 0.05) is 12.2 Å². The Labute approximate surface area is 143 Å². The minimum atomic E-state index is -0.252. The summed E-state index contributed by atoms with van der Waals surface area (Å²) in [6, 6.07) is 0. The highest BCUT2D eigenvalue weighted by Crippen LogP contribution is 2.20. The van der Waals surface area contributed by atoms with Crippen LogP contribution in [0.15, 0.2) is 0 Å². The minimum Gasteiger partial charge on any atom is -0.438 e. The summed E-state index contributed by atoms with van der Waals surface area (Å²) >= 11 is 1.60. The van der Waals surface area contributed by atoms with Crippen LogP contribution < -0.4 is 0 Å². The molecule has 0 heterocycles. The number of hydrogen-bond acceptors (Lipinski definition) is 7. The second kappa shape index (κ2) is 13.6. The van der Waals surface area contributed by atoms with Crippen molar-refractivity contribution >= 4 is 23.7 Å². The Morgan fingerprint density at radius 3 is 1.91 bits per heavy atom. The van der Waals surface area contributed by atoms with Crippen LogP contribution in [0.4, 0.5) is 0 Å². The van der Waals surface area contributed by atoms with E-state index in [9.17, 15) is 9.59 Å². The highest BCUT2D eigenvalue weighted by atomic mass is 32.2. The lowest BCUT2D eigenvalue weighted by atomic mass is 9.91. The topological polar surface area (TPSA) is 71.1 Å². The molecule has 0 unspecified atom stereocenters. The van der Waals surface area contributed by atoms with Crippen molar-refractivity contribution in [3.63, 3.8) is 0 Å². The number of rotatable bonds is 13. The number of ether oxygens (including phenoxy) is 4. The van der Waals surface area contributed by atoms with Crippen LogP contribution in [-0.2, 0) is 28.5 Å². The van der Waals surface area contributed by atoms with Gasteiger partial charge in [-0.3, -0.25) is 9.59 Å². The Morgan fingerprint density at radius 1 is 0.913 bits per heavy atom. The first kappa shape index (κ1) is 22.2. The zero-order valence-corrected chi connectivity index (χ0v) is 15.5. The monoisotopic (exact) mass is 350 g/mol. The minimum absolute atomic E-state index is 0.0327. The van der Waals surface area contributed by atoms with Gasteiger partial charge in [-0.15, -0.1) is 0 Å². The Hall–Kier alpha value is -0.790. The molecular formula is C16H30O6S. The molecule has 0 aliphatic rings. The van der Waals surface area contributed by atoms with E-state index in [1.165, 1.54) is 0 Å². The Morgan fingerprint density at radius 2 is 1.43 bits per heavy atom. The molecule has 0 aliphatic carbocycles. The summed E-state index contributed by atoms with van der Waals surface area (Å²) in [5.41, 5.74) is 0.121. The molecule has 136 valence electrons. The summed E-state index contributed by atoms with van der Waals surface area (Å²) in [5.74, 6) is 0.257. The average molecular weight is 350 g/mol. The molecule has 0 aromatic rings. The molecule has 0 radical (unpaired) electrons. The van der Waals surface area contributed by atoms with E-state index in [0.29, 0.717) is 32.5 Å². The molecule has 0 saturated heterocycles. The smallest absolute Gasteiger partial charge is 0.308 e. The fourth-order valence-electron chi connectivity index (χ4n) is 1.40. The summed E-state index contributed by atoms with van der Waals surface area (Å²) < 4.78 is 20.2. The molecule has 0 spiro atoms. The van der Waals surface area contributed by atoms with Gasteiger partial charge in [-0.2, -0.15) is 11.8 Å². The van der Waals surface area contributed by atoms with Crippen LogP contribution in [0, 0.1) is 5.41 Å². The van der Waals surface area contributed by atoms with Crippen LogP contribution in [-0.4, -0.2) is 50.7 Å². The van der Waals surface area contributed by atoms with E-state index in [0.717, 1.165) is 12.2 Å². The van der Waals surface area contributed by atoms with Gasteiger partial charge in [0.15, 0.2) is 13.6 Å². The molecule has 0 aromatic heterocycles. The van der Waals surface area contributed by atoms with E-state index in [4.69, 9.17) is 18.9 Å². The zero-order chi connectivity index (χ0) is 17.6. The molecule has 0 bridgehead atoms. The van der Waals surface area contributed by atoms with Gasteiger partial charge in [0.1, 0.15) is 0 Å². The predicted octanol–water partition coefficient (Wildman–Crippen LogP) is 2.99. The second-order valence-electron chi connectivity index (χ2n) is 6.24. The summed E-state index contributed by atoms with van der Waals surface area (Å²) in [6.45, 7) is 7.02. The van der Waals surface area contributed by atoms with Crippen LogP contribution in [0.1, 0.15) is 46.5 Å². The first-order chi connectivity index (χ1) is 10.8. The lowest BCUT2D eigenvalue weighted by molar-refractivity contribution is -0.158. The third kappa shape index (κ3) is 17.4. The van der Waals surface area contributed by atoms with Gasteiger partial charge in [-0.1, -0.05) is 20.8 Å². The number of thioether (sulfide) groups is 1. The molecule has 7 heteroatoms. The van der Waals surface area contributed by atoms with E-state index < -0.39 is 0 Å². The SMILES string of the molecule is CSCCC(=O)OCOCCCOCOC(=O)CCC(C)(C)C. The van der Waals surface area contributed by atoms with Crippen molar-refractivity contribution in [1.29, 1.82) is 0 Å². The summed E-state index contributed by atoms with van der Waals surface area (Å²) in [5, 5.41) is 0. The number of carbonyl (C=O) groups excluding carboxylic acids is 2. The van der Waals surface area contributed by atoms with E-state index in [-0.39, 0.29) is 30.9 Å². The molecule has 0 N–H and O–H groups in total. The molecule has 0 atom stereocenters. The molecule has 6 nitrogen and oxygen atoms in total. The summed E-state index contributed by atoms with van der Waals surface area (Å²) in [7, 11) is 0. The largest absolute Gasteiger partial charge is 0.438 e. The Bertz CT molecular complexity index is 327. The maximum Gasteiger partial charge on any atom is 0.308 e. The number of carbonyl (C=O) groups is 2. The summed E-state index contributed by atoms with van der Waals surface area (Å²) in [4.78, 5) is 22.6. The average Bonchev–Trinajstić information content (AvgIpc) is 2.48. The van der Waals surface area contributed by atoms with Gasteiger partial charge in [0.25, 0.3) is 0 Å². The van der Waals surface area contributed by atoms with Crippen LogP contribution in [0.5, 0.6) is 0 Å². The van der Waals surface area contributed by atoms with E-state index in [2.05, 4.69) is 20.8 Å². The van der Waals surface area contributed by atoms with E-state index in [1.54, 1.807) is 11.8 Å². The van der Waals surface area contributed by atoms with Crippen LogP contribution in [0.3, 0.4) is 0 Å². The maximum absolute atomic E-state index is 11.4. The first-order valence-corrected chi connectivity index (χ1v) is 9.20.